The van der Waals surface area contributed by atoms with Crippen molar-refractivity contribution in [2.75, 3.05) is 20.7 Å². The number of rotatable bonds is 6. The van der Waals surface area contributed by atoms with Crippen LogP contribution in [0.2, 0.25) is 0 Å². The molecule has 4 nitrogen and oxygen atoms in total. The molecule has 0 radical (unpaired) electrons. The van der Waals surface area contributed by atoms with Crippen molar-refractivity contribution in [3.63, 3.8) is 0 Å². The summed E-state index contributed by atoms with van der Waals surface area (Å²) in [5.74, 6) is 1.33. The van der Waals surface area contributed by atoms with E-state index >= 15 is 0 Å². The van der Waals surface area contributed by atoms with Crippen molar-refractivity contribution >= 4 is 12.6 Å². The average Bonchev–Trinajstić information content (AvgIpc) is 2.48. The molecule has 0 atom stereocenters. The predicted octanol–water partition coefficient (Wildman–Crippen LogP) is 1.39. The lowest BCUT2D eigenvalue weighted by molar-refractivity contribution is 0.228. The Kier molecular flexibility index (Phi) is 6.09. The average molecular weight is 291 g/mol. The van der Waals surface area contributed by atoms with Crippen molar-refractivity contribution in [2.24, 2.45) is 5.92 Å². The second kappa shape index (κ2) is 7.83. The van der Waals surface area contributed by atoms with Crippen molar-refractivity contribution < 1.29 is 14.8 Å². The van der Waals surface area contributed by atoms with E-state index in [2.05, 4.69) is 11.9 Å². The summed E-state index contributed by atoms with van der Waals surface area (Å²) < 4.78 is 5.15. The number of ether oxygens (including phenoxy) is 1. The van der Waals surface area contributed by atoms with Crippen LogP contribution >= 0.6 is 0 Å². The highest BCUT2D eigenvalue weighted by molar-refractivity contribution is 6.59. The Balaban J connectivity index is 1.96. The van der Waals surface area contributed by atoms with Gasteiger partial charge in [0.25, 0.3) is 0 Å². The molecule has 21 heavy (non-hydrogen) atoms. The zero-order valence-corrected chi connectivity index (χ0v) is 13.1. The molecule has 0 saturated heterocycles. The molecule has 1 aromatic carbocycles. The van der Waals surface area contributed by atoms with E-state index in [-0.39, 0.29) is 0 Å². The maximum atomic E-state index is 9.42. The molecule has 5 heteroatoms. The number of nitrogens with zero attached hydrogens (tertiary/aromatic N) is 1. The highest BCUT2D eigenvalue weighted by atomic mass is 16.5. The number of hydrogen-bond donors (Lipinski definition) is 2. The number of hydrogen-bond acceptors (Lipinski definition) is 4. The van der Waals surface area contributed by atoms with E-state index in [1.165, 1.54) is 39.2 Å². The molecule has 116 valence electrons. The highest BCUT2D eigenvalue weighted by Crippen LogP contribution is 2.24. The Labute approximate surface area is 127 Å². The Morgan fingerprint density at radius 1 is 1.24 bits per heavy atom. The zero-order chi connectivity index (χ0) is 15.2. The van der Waals surface area contributed by atoms with Crippen molar-refractivity contribution in [1.82, 2.24) is 4.90 Å². The molecule has 0 bridgehead atoms. The second-order valence-corrected chi connectivity index (χ2v) is 6.15. The standard InChI is InChI=1S/C16H26BNO3/c1-18(11-13-6-4-3-5-7-13)12-14-8-9-16(21-2)15(10-14)17(19)20/h8-10,13,19-20H,3-7,11-12H2,1-2H3. The predicted molar refractivity (Wildman–Crippen MR) is 85.7 cm³/mol. The van der Waals surface area contributed by atoms with Gasteiger partial charge in [0.1, 0.15) is 5.75 Å². The van der Waals surface area contributed by atoms with Crippen LogP contribution in [0.1, 0.15) is 37.7 Å². The summed E-state index contributed by atoms with van der Waals surface area (Å²) in [4.78, 5) is 2.32. The maximum absolute atomic E-state index is 9.42. The number of benzene rings is 1. The maximum Gasteiger partial charge on any atom is 0.492 e. The van der Waals surface area contributed by atoms with E-state index in [0.29, 0.717) is 11.2 Å². The monoisotopic (exact) mass is 291 g/mol. The van der Waals surface area contributed by atoms with Gasteiger partial charge in [-0.05, 0) is 37.4 Å². The molecule has 1 aliphatic rings. The van der Waals surface area contributed by atoms with E-state index in [1.54, 1.807) is 6.07 Å². The topological polar surface area (TPSA) is 52.9 Å². The summed E-state index contributed by atoms with van der Waals surface area (Å²) >= 11 is 0. The molecule has 0 spiro atoms. The van der Waals surface area contributed by atoms with E-state index in [1.807, 2.05) is 12.1 Å². The van der Waals surface area contributed by atoms with Gasteiger partial charge in [0.2, 0.25) is 0 Å². The SMILES string of the molecule is COc1ccc(CN(C)CC2CCCCC2)cc1B(O)O. The van der Waals surface area contributed by atoms with Crippen LogP contribution in [-0.4, -0.2) is 42.8 Å². The fourth-order valence-corrected chi connectivity index (χ4v) is 3.27. The van der Waals surface area contributed by atoms with E-state index < -0.39 is 7.12 Å². The van der Waals surface area contributed by atoms with E-state index in [4.69, 9.17) is 4.74 Å². The van der Waals surface area contributed by atoms with Crippen LogP contribution < -0.4 is 10.2 Å². The van der Waals surface area contributed by atoms with Gasteiger partial charge in [0.15, 0.2) is 0 Å². The third-order valence-corrected chi connectivity index (χ3v) is 4.32. The zero-order valence-electron chi connectivity index (χ0n) is 13.1. The quantitative estimate of drug-likeness (QED) is 0.778. The van der Waals surface area contributed by atoms with Gasteiger partial charge < -0.3 is 19.7 Å². The van der Waals surface area contributed by atoms with Gasteiger partial charge >= 0.3 is 7.12 Å². The minimum atomic E-state index is -1.50. The van der Waals surface area contributed by atoms with Gasteiger partial charge in [-0.2, -0.15) is 0 Å². The third-order valence-electron chi connectivity index (χ3n) is 4.32. The van der Waals surface area contributed by atoms with Crippen molar-refractivity contribution in [3.05, 3.63) is 23.8 Å². The lowest BCUT2D eigenvalue weighted by Crippen LogP contribution is -2.32. The molecule has 0 aliphatic heterocycles. The fraction of sp³-hybridized carbons (Fsp3) is 0.625. The Morgan fingerprint density at radius 3 is 2.57 bits per heavy atom. The minimum absolute atomic E-state index is 0.432. The van der Waals surface area contributed by atoms with E-state index in [0.717, 1.165) is 24.6 Å². The Morgan fingerprint density at radius 2 is 1.95 bits per heavy atom. The lowest BCUT2D eigenvalue weighted by Gasteiger charge is -2.27. The first-order valence-corrected chi connectivity index (χ1v) is 7.81. The molecular formula is C16H26BNO3. The molecular weight excluding hydrogens is 265 g/mol. The highest BCUT2D eigenvalue weighted by Gasteiger charge is 2.19. The third kappa shape index (κ3) is 4.73. The van der Waals surface area contributed by atoms with Crippen LogP contribution in [-0.2, 0) is 6.54 Å². The molecule has 1 saturated carbocycles. The van der Waals surface area contributed by atoms with Gasteiger partial charge in [-0.3, -0.25) is 0 Å². The van der Waals surface area contributed by atoms with Gasteiger partial charge in [0, 0.05) is 18.6 Å². The summed E-state index contributed by atoms with van der Waals surface area (Å²) in [5.41, 5.74) is 1.51. The van der Waals surface area contributed by atoms with Crippen molar-refractivity contribution in [1.29, 1.82) is 0 Å². The molecule has 0 amide bonds. The molecule has 1 fully saturated rings. The smallest absolute Gasteiger partial charge is 0.492 e. The first kappa shape index (κ1) is 16.3. The summed E-state index contributed by atoms with van der Waals surface area (Å²) in [6.45, 7) is 1.93. The van der Waals surface area contributed by atoms with Crippen LogP contribution in [0.4, 0.5) is 0 Å². The van der Waals surface area contributed by atoms with Crippen LogP contribution in [0.15, 0.2) is 18.2 Å². The largest absolute Gasteiger partial charge is 0.497 e. The van der Waals surface area contributed by atoms with Crippen LogP contribution in [0.25, 0.3) is 0 Å². The van der Waals surface area contributed by atoms with Crippen LogP contribution in [0, 0.1) is 5.92 Å². The fourth-order valence-electron chi connectivity index (χ4n) is 3.27. The molecule has 2 N–H and O–H groups in total. The Hall–Kier alpha value is -1.04. The second-order valence-electron chi connectivity index (χ2n) is 6.15. The van der Waals surface area contributed by atoms with Gasteiger partial charge in [-0.15, -0.1) is 0 Å². The van der Waals surface area contributed by atoms with Crippen molar-refractivity contribution in [3.8, 4) is 5.75 Å². The van der Waals surface area contributed by atoms with Gasteiger partial charge in [-0.1, -0.05) is 31.4 Å². The Bertz CT molecular complexity index is 447. The molecule has 0 aromatic heterocycles. The summed E-state index contributed by atoms with van der Waals surface area (Å²) in [6.07, 6.45) is 6.79. The molecule has 2 rings (SSSR count). The van der Waals surface area contributed by atoms with Crippen molar-refractivity contribution in [2.45, 2.75) is 38.6 Å². The summed E-state index contributed by atoms with van der Waals surface area (Å²) in [6, 6.07) is 5.61. The first-order chi connectivity index (χ1) is 10.1. The normalized spacial score (nSPS) is 16.2. The number of methoxy groups -OCH3 is 1. The molecule has 1 aromatic rings. The van der Waals surface area contributed by atoms with Gasteiger partial charge in [-0.25, -0.2) is 0 Å². The van der Waals surface area contributed by atoms with Gasteiger partial charge in [0.05, 0.1) is 7.11 Å². The summed E-state index contributed by atoms with van der Waals surface area (Å²) in [7, 11) is 2.17. The molecule has 0 heterocycles. The van der Waals surface area contributed by atoms with E-state index in [9.17, 15) is 10.0 Å². The first-order valence-electron chi connectivity index (χ1n) is 7.81. The molecule has 0 unspecified atom stereocenters. The van der Waals surface area contributed by atoms with Crippen LogP contribution in [0.3, 0.4) is 0 Å². The molecule has 1 aliphatic carbocycles. The lowest BCUT2D eigenvalue weighted by atomic mass is 9.78. The van der Waals surface area contributed by atoms with Crippen LogP contribution in [0.5, 0.6) is 5.75 Å². The minimum Gasteiger partial charge on any atom is -0.497 e. The summed E-state index contributed by atoms with van der Waals surface area (Å²) in [5, 5.41) is 18.8.